The van der Waals surface area contributed by atoms with Crippen molar-refractivity contribution in [2.45, 2.75) is 25.3 Å². The molecule has 2 heterocycles. The minimum Gasteiger partial charge on any atom is -0.382 e. The van der Waals surface area contributed by atoms with Gasteiger partial charge in [0.1, 0.15) is 5.82 Å². The topological polar surface area (TPSA) is 78.5 Å². The smallest absolute Gasteiger partial charge is 0.263 e. The van der Waals surface area contributed by atoms with Gasteiger partial charge in [0.25, 0.3) is 5.91 Å². The van der Waals surface area contributed by atoms with Gasteiger partial charge in [-0.2, -0.15) is 0 Å². The molecule has 28 heavy (non-hydrogen) atoms. The molecular formula is C19H24FN3O3S2. The van der Waals surface area contributed by atoms with E-state index in [4.69, 9.17) is 0 Å². The van der Waals surface area contributed by atoms with Crippen LogP contribution in [0.1, 0.15) is 27.4 Å². The lowest BCUT2D eigenvalue weighted by Crippen LogP contribution is -2.42. The zero-order valence-electron chi connectivity index (χ0n) is 15.7. The highest BCUT2D eigenvalue weighted by Crippen LogP contribution is 2.22. The Morgan fingerprint density at radius 3 is 2.50 bits per heavy atom. The summed E-state index contributed by atoms with van der Waals surface area (Å²) in [6, 6.07) is 10.3. The van der Waals surface area contributed by atoms with Crippen molar-refractivity contribution in [1.82, 2.24) is 9.62 Å². The fourth-order valence-corrected chi connectivity index (χ4v) is 4.60. The van der Waals surface area contributed by atoms with Gasteiger partial charge in [0, 0.05) is 36.2 Å². The summed E-state index contributed by atoms with van der Waals surface area (Å²) in [5, 5.41) is 3.39. The van der Waals surface area contributed by atoms with Crippen molar-refractivity contribution in [3.8, 4) is 0 Å². The molecule has 6 nitrogen and oxygen atoms in total. The molecule has 1 fully saturated rings. The van der Waals surface area contributed by atoms with E-state index in [9.17, 15) is 17.6 Å². The van der Waals surface area contributed by atoms with Gasteiger partial charge in [-0.05, 0) is 55.7 Å². The maximum absolute atomic E-state index is 13.0. The SMILES string of the molecule is CS(=O)(=O)NCCc1ccc(C(=O)N2CCC(Nc3ccc(F)cc3)CC2)s1. The molecule has 2 N–H and O–H groups in total. The number of benzene rings is 1. The van der Waals surface area contributed by atoms with Crippen LogP contribution >= 0.6 is 11.3 Å². The molecule has 152 valence electrons. The van der Waals surface area contributed by atoms with Crippen LogP contribution in [0.2, 0.25) is 0 Å². The Morgan fingerprint density at radius 1 is 1.18 bits per heavy atom. The maximum atomic E-state index is 13.0. The summed E-state index contributed by atoms with van der Waals surface area (Å²) >= 11 is 1.41. The molecule has 0 radical (unpaired) electrons. The maximum Gasteiger partial charge on any atom is 0.263 e. The summed E-state index contributed by atoms with van der Waals surface area (Å²) in [5.74, 6) is -0.235. The average molecular weight is 426 g/mol. The van der Waals surface area contributed by atoms with Crippen molar-refractivity contribution in [3.63, 3.8) is 0 Å². The minimum absolute atomic E-state index is 0.0209. The Bertz CT molecular complexity index is 905. The molecule has 0 spiro atoms. The summed E-state index contributed by atoms with van der Waals surface area (Å²) in [6.45, 7) is 1.66. The molecule has 0 unspecified atom stereocenters. The fourth-order valence-electron chi connectivity index (χ4n) is 3.15. The van der Waals surface area contributed by atoms with Crippen molar-refractivity contribution in [3.05, 3.63) is 52.0 Å². The molecule has 1 aromatic carbocycles. The number of sulfonamides is 1. The van der Waals surface area contributed by atoms with E-state index in [-0.39, 0.29) is 17.8 Å². The highest BCUT2D eigenvalue weighted by atomic mass is 32.2. The van der Waals surface area contributed by atoms with Crippen molar-refractivity contribution in [2.75, 3.05) is 31.2 Å². The van der Waals surface area contributed by atoms with E-state index in [0.29, 0.717) is 30.9 Å². The Morgan fingerprint density at radius 2 is 1.86 bits per heavy atom. The first-order chi connectivity index (χ1) is 13.3. The minimum atomic E-state index is -3.20. The zero-order chi connectivity index (χ0) is 20.1. The molecule has 2 aromatic rings. The number of nitrogens with one attached hydrogen (secondary N) is 2. The Balaban J connectivity index is 1.47. The highest BCUT2D eigenvalue weighted by Gasteiger charge is 2.24. The first-order valence-electron chi connectivity index (χ1n) is 9.15. The van der Waals surface area contributed by atoms with Gasteiger partial charge in [0.15, 0.2) is 0 Å². The normalized spacial score (nSPS) is 15.6. The number of carbonyl (C=O) groups excluding carboxylic acids is 1. The van der Waals surface area contributed by atoms with E-state index in [2.05, 4.69) is 10.0 Å². The molecule has 1 saturated heterocycles. The number of anilines is 1. The second kappa shape index (κ2) is 9.02. The predicted molar refractivity (Wildman–Crippen MR) is 110 cm³/mol. The van der Waals surface area contributed by atoms with Crippen molar-refractivity contribution in [2.24, 2.45) is 0 Å². The monoisotopic (exact) mass is 425 g/mol. The van der Waals surface area contributed by atoms with Crippen LogP contribution in [0.3, 0.4) is 0 Å². The van der Waals surface area contributed by atoms with E-state index in [1.54, 1.807) is 12.1 Å². The summed E-state index contributed by atoms with van der Waals surface area (Å²) in [7, 11) is -3.20. The van der Waals surface area contributed by atoms with E-state index in [1.807, 2.05) is 17.0 Å². The standard InChI is InChI=1S/C19H24FN3O3S2/c1-28(25,26)21-11-8-17-6-7-18(27-17)19(24)23-12-9-16(10-13-23)22-15-4-2-14(20)3-5-15/h2-7,16,21-22H,8-13H2,1H3. The van der Waals surface area contributed by atoms with Crippen LogP contribution in [0, 0.1) is 5.82 Å². The van der Waals surface area contributed by atoms with Crippen molar-refractivity contribution >= 4 is 33.0 Å². The molecule has 1 amide bonds. The summed E-state index contributed by atoms with van der Waals surface area (Å²) < 4.78 is 37.7. The molecule has 1 aromatic heterocycles. The molecule has 0 bridgehead atoms. The van der Waals surface area contributed by atoms with Crippen molar-refractivity contribution in [1.29, 1.82) is 0 Å². The van der Waals surface area contributed by atoms with E-state index in [0.717, 1.165) is 29.7 Å². The second-order valence-corrected chi connectivity index (χ2v) is 9.90. The third kappa shape index (κ3) is 6.02. The molecule has 0 saturated carbocycles. The van der Waals surface area contributed by atoms with Gasteiger partial charge in [0.2, 0.25) is 10.0 Å². The Kier molecular flexibility index (Phi) is 6.69. The third-order valence-electron chi connectivity index (χ3n) is 4.61. The van der Waals surface area contributed by atoms with Gasteiger partial charge in [-0.3, -0.25) is 4.79 Å². The number of likely N-dealkylation sites (tertiary alicyclic amines) is 1. The van der Waals surface area contributed by atoms with Crippen LogP contribution < -0.4 is 10.0 Å². The lowest BCUT2D eigenvalue weighted by Gasteiger charge is -2.32. The van der Waals surface area contributed by atoms with Gasteiger partial charge >= 0.3 is 0 Å². The number of halogens is 1. The first-order valence-corrected chi connectivity index (χ1v) is 11.9. The number of hydrogen-bond acceptors (Lipinski definition) is 5. The summed E-state index contributed by atoms with van der Waals surface area (Å²) in [5.41, 5.74) is 0.886. The lowest BCUT2D eigenvalue weighted by molar-refractivity contribution is 0.0723. The largest absolute Gasteiger partial charge is 0.382 e. The summed E-state index contributed by atoms with van der Waals surface area (Å²) in [4.78, 5) is 16.2. The van der Waals surface area contributed by atoms with Gasteiger partial charge in [-0.15, -0.1) is 11.3 Å². The van der Waals surface area contributed by atoms with Crippen LogP contribution in [0.15, 0.2) is 36.4 Å². The summed E-state index contributed by atoms with van der Waals surface area (Å²) in [6.07, 6.45) is 3.36. The Hall–Kier alpha value is -1.97. The fraction of sp³-hybridized carbons (Fsp3) is 0.421. The number of piperidine rings is 1. The lowest BCUT2D eigenvalue weighted by atomic mass is 10.0. The molecular weight excluding hydrogens is 401 g/mol. The molecule has 0 aliphatic carbocycles. The average Bonchev–Trinajstić information content (AvgIpc) is 3.11. The van der Waals surface area contributed by atoms with E-state index in [1.165, 1.54) is 23.5 Å². The number of thiophene rings is 1. The number of nitrogens with zero attached hydrogens (tertiary/aromatic N) is 1. The third-order valence-corrected chi connectivity index (χ3v) is 6.47. The van der Waals surface area contributed by atoms with Crippen LogP contribution in [0.25, 0.3) is 0 Å². The van der Waals surface area contributed by atoms with Crippen LogP contribution in [-0.4, -0.2) is 51.2 Å². The highest BCUT2D eigenvalue weighted by molar-refractivity contribution is 7.88. The van der Waals surface area contributed by atoms with E-state index >= 15 is 0 Å². The van der Waals surface area contributed by atoms with Crippen molar-refractivity contribution < 1.29 is 17.6 Å². The van der Waals surface area contributed by atoms with E-state index < -0.39 is 10.0 Å². The molecule has 0 atom stereocenters. The molecule has 9 heteroatoms. The molecule has 3 rings (SSSR count). The number of carbonyl (C=O) groups is 1. The van der Waals surface area contributed by atoms with Crippen LogP contribution in [0.5, 0.6) is 0 Å². The predicted octanol–water partition coefficient (Wildman–Crippen LogP) is 2.70. The quantitative estimate of drug-likeness (QED) is 0.715. The van der Waals surface area contributed by atoms with Crippen LogP contribution in [0.4, 0.5) is 10.1 Å². The van der Waals surface area contributed by atoms with Gasteiger partial charge in [-0.25, -0.2) is 17.5 Å². The molecule has 1 aliphatic heterocycles. The number of amides is 1. The van der Waals surface area contributed by atoms with Gasteiger partial charge in [0.05, 0.1) is 11.1 Å². The molecule has 1 aliphatic rings. The zero-order valence-corrected chi connectivity index (χ0v) is 17.3. The second-order valence-electron chi connectivity index (χ2n) is 6.90. The van der Waals surface area contributed by atoms with Crippen LogP contribution in [-0.2, 0) is 16.4 Å². The Labute approximate surface area is 168 Å². The number of hydrogen-bond donors (Lipinski definition) is 2. The first kappa shape index (κ1) is 20.8. The van der Waals surface area contributed by atoms with Gasteiger partial charge < -0.3 is 10.2 Å². The number of rotatable bonds is 7. The van der Waals surface area contributed by atoms with Gasteiger partial charge in [-0.1, -0.05) is 0 Å².